The van der Waals surface area contributed by atoms with Crippen LogP contribution in [0.3, 0.4) is 0 Å². The van der Waals surface area contributed by atoms with Gasteiger partial charge in [0.1, 0.15) is 5.52 Å². The van der Waals surface area contributed by atoms with Crippen LogP contribution in [0.1, 0.15) is 18.2 Å². The fourth-order valence-electron chi connectivity index (χ4n) is 2.44. The van der Waals surface area contributed by atoms with Crippen molar-refractivity contribution in [2.45, 2.75) is 20.0 Å². The lowest BCUT2D eigenvalue weighted by atomic mass is 10.0. The van der Waals surface area contributed by atoms with Gasteiger partial charge in [0.25, 0.3) is 0 Å². The minimum atomic E-state index is -0.883. The molecular weight excluding hydrogens is 250 g/mol. The summed E-state index contributed by atoms with van der Waals surface area (Å²) in [5.74, 6) is -1.75. The lowest BCUT2D eigenvalue weighted by molar-refractivity contribution is 0.110. The SMILES string of the molecule is CCNc1c2c(nc3c(F)c(F)ccc13)CCOC2. The first-order valence-electron chi connectivity index (χ1n) is 6.33. The van der Waals surface area contributed by atoms with Gasteiger partial charge in [0.05, 0.1) is 24.6 Å². The number of hydrogen-bond acceptors (Lipinski definition) is 3. The molecule has 3 rings (SSSR count). The van der Waals surface area contributed by atoms with Gasteiger partial charge in [-0.2, -0.15) is 0 Å². The molecule has 3 nitrogen and oxygen atoms in total. The lowest BCUT2D eigenvalue weighted by Gasteiger charge is -2.21. The number of benzene rings is 1. The molecule has 1 N–H and O–H groups in total. The molecule has 1 aromatic heterocycles. The van der Waals surface area contributed by atoms with E-state index in [1.807, 2.05) is 6.92 Å². The van der Waals surface area contributed by atoms with Crippen LogP contribution in [-0.2, 0) is 17.8 Å². The fraction of sp³-hybridized carbons (Fsp3) is 0.357. The van der Waals surface area contributed by atoms with Crippen molar-refractivity contribution in [1.29, 1.82) is 0 Å². The van der Waals surface area contributed by atoms with Crippen LogP contribution in [0.4, 0.5) is 14.5 Å². The maximum atomic E-state index is 13.9. The highest BCUT2D eigenvalue weighted by Gasteiger charge is 2.21. The Hall–Kier alpha value is -1.75. The summed E-state index contributed by atoms with van der Waals surface area (Å²) < 4.78 is 32.7. The molecular formula is C14H14F2N2O. The Balaban J connectivity index is 2.35. The van der Waals surface area contributed by atoms with Crippen LogP contribution < -0.4 is 5.32 Å². The predicted octanol–water partition coefficient (Wildman–Crippen LogP) is 3.02. The number of anilines is 1. The van der Waals surface area contributed by atoms with Gasteiger partial charge in [0.15, 0.2) is 11.6 Å². The maximum absolute atomic E-state index is 13.9. The van der Waals surface area contributed by atoms with Crippen LogP contribution >= 0.6 is 0 Å². The van der Waals surface area contributed by atoms with Gasteiger partial charge >= 0.3 is 0 Å². The minimum absolute atomic E-state index is 0.0941. The average Bonchev–Trinajstić information content (AvgIpc) is 2.43. The standard InChI is InChI=1S/C14H14F2N2O/c1-2-17-13-8-3-4-10(15)12(16)14(8)18-11-5-6-19-7-9(11)13/h3-4H,2,5-7H2,1H3,(H,17,18). The molecule has 1 aromatic carbocycles. The molecule has 0 fully saturated rings. The zero-order valence-electron chi connectivity index (χ0n) is 10.6. The van der Waals surface area contributed by atoms with Crippen LogP contribution in [0.15, 0.2) is 12.1 Å². The van der Waals surface area contributed by atoms with Crippen LogP contribution in [0.2, 0.25) is 0 Å². The second-order valence-electron chi connectivity index (χ2n) is 4.50. The van der Waals surface area contributed by atoms with Crippen molar-refractivity contribution in [2.75, 3.05) is 18.5 Å². The molecule has 1 aliphatic heterocycles. The third-order valence-corrected chi connectivity index (χ3v) is 3.32. The number of halogens is 2. The number of nitrogens with zero attached hydrogens (tertiary/aromatic N) is 1. The Kier molecular flexibility index (Phi) is 3.06. The third kappa shape index (κ3) is 1.94. The van der Waals surface area contributed by atoms with Crippen LogP contribution in [0.5, 0.6) is 0 Å². The van der Waals surface area contributed by atoms with Gasteiger partial charge in [0.2, 0.25) is 0 Å². The van der Waals surface area contributed by atoms with Crippen LogP contribution in [0.25, 0.3) is 10.9 Å². The molecule has 0 spiro atoms. The predicted molar refractivity (Wildman–Crippen MR) is 69.2 cm³/mol. The van der Waals surface area contributed by atoms with Crippen molar-refractivity contribution in [3.63, 3.8) is 0 Å². The summed E-state index contributed by atoms with van der Waals surface area (Å²) in [5.41, 5.74) is 2.64. The van der Waals surface area contributed by atoms with E-state index in [9.17, 15) is 8.78 Å². The molecule has 100 valence electrons. The van der Waals surface area contributed by atoms with Crippen molar-refractivity contribution in [3.8, 4) is 0 Å². The molecule has 2 heterocycles. The molecule has 2 aromatic rings. The Bertz CT molecular complexity index is 643. The summed E-state index contributed by atoms with van der Waals surface area (Å²) in [4.78, 5) is 4.28. The molecule has 0 unspecified atom stereocenters. The summed E-state index contributed by atoms with van der Waals surface area (Å²) in [6.45, 7) is 3.68. The summed E-state index contributed by atoms with van der Waals surface area (Å²) >= 11 is 0. The van der Waals surface area contributed by atoms with Crippen LogP contribution in [0, 0.1) is 11.6 Å². The topological polar surface area (TPSA) is 34.2 Å². The van der Waals surface area contributed by atoms with E-state index < -0.39 is 11.6 Å². The molecule has 0 atom stereocenters. The van der Waals surface area contributed by atoms with Crippen molar-refractivity contribution >= 4 is 16.6 Å². The molecule has 0 bridgehead atoms. The molecule has 0 radical (unpaired) electrons. The van der Waals surface area contributed by atoms with Gasteiger partial charge in [-0.05, 0) is 19.1 Å². The van der Waals surface area contributed by atoms with Crippen molar-refractivity contribution in [1.82, 2.24) is 4.98 Å². The first-order valence-corrected chi connectivity index (χ1v) is 6.33. The molecule has 1 aliphatic rings. The zero-order valence-corrected chi connectivity index (χ0v) is 10.6. The highest BCUT2D eigenvalue weighted by molar-refractivity contribution is 5.94. The second-order valence-corrected chi connectivity index (χ2v) is 4.50. The number of hydrogen-bond donors (Lipinski definition) is 1. The Morgan fingerprint density at radius 2 is 2.21 bits per heavy atom. The molecule has 5 heteroatoms. The van der Waals surface area contributed by atoms with Gasteiger partial charge < -0.3 is 10.1 Å². The highest BCUT2D eigenvalue weighted by Crippen LogP contribution is 2.33. The maximum Gasteiger partial charge on any atom is 0.185 e. The Labute approximate surface area is 109 Å². The van der Waals surface area contributed by atoms with Gasteiger partial charge in [-0.3, -0.25) is 0 Å². The van der Waals surface area contributed by atoms with E-state index in [2.05, 4.69) is 10.3 Å². The van der Waals surface area contributed by atoms with E-state index >= 15 is 0 Å². The smallest absolute Gasteiger partial charge is 0.185 e. The summed E-state index contributed by atoms with van der Waals surface area (Å²) in [6, 6.07) is 2.70. The summed E-state index contributed by atoms with van der Waals surface area (Å²) in [6.07, 6.45) is 0.625. The van der Waals surface area contributed by atoms with Crippen LogP contribution in [-0.4, -0.2) is 18.1 Å². The van der Waals surface area contributed by atoms with E-state index in [0.29, 0.717) is 31.6 Å². The summed E-state index contributed by atoms with van der Waals surface area (Å²) in [5, 5.41) is 3.82. The molecule has 0 saturated carbocycles. The number of pyridine rings is 1. The van der Waals surface area contributed by atoms with Gasteiger partial charge in [-0.1, -0.05) is 0 Å². The first-order chi connectivity index (χ1) is 9.22. The van der Waals surface area contributed by atoms with E-state index in [4.69, 9.17) is 4.74 Å². The van der Waals surface area contributed by atoms with Crippen molar-refractivity contribution in [3.05, 3.63) is 35.0 Å². The number of aromatic nitrogens is 1. The van der Waals surface area contributed by atoms with E-state index in [1.165, 1.54) is 0 Å². The second kappa shape index (κ2) is 4.74. The molecule has 19 heavy (non-hydrogen) atoms. The largest absolute Gasteiger partial charge is 0.384 e. The monoisotopic (exact) mass is 264 g/mol. The summed E-state index contributed by atoms with van der Waals surface area (Å²) in [7, 11) is 0. The van der Waals surface area contributed by atoms with Gasteiger partial charge in [-0.25, -0.2) is 13.8 Å². The Morgan fingerprint density at radius 3 is 3.00 bits per heavy atom. The van der Waals surface area contributed by atoms with E-state index in [1.54, 1.807) is 6.07 Å². The quantitative estimate of drug-likeness (QED) is 0.905. The Morgan fingerprint density at radius 1 is 1.37 bits per heavy atom. The molecule has 0 saturated heterocycles. The first kappa shape index (κ1) is 12.3. The normalized spacial score (nSPS) is 14.5. The number of nitrogens with one attached hydrogen (secondary N) is 1. The zero-order chi connectivity index (χ0) is 13.4. The fourth-order valence-corrected chi connectivity index (χ4v) is 2.44. The number of ether oxygens (including phenoxy) is 1. The van der Waals surface area contributed by atoms with Gasteiger partial charge in [-0.15, -0.1) is 0 Å². The average molecular weight is 264 g/mol. The number of fused-ring (bicyclic) bond motifs is 2. The van der Waals surface area contributed by atoms with E-state index in [0.717, 1.165) is 23.0 Å². The highest BCUT2D eigenvalue weighted by atomic mass is 19.2. The minimum Gasteiger partial charge on any atom is -0.384 e. The van der Waals surface area contributed by atoms with E-state index in [-0.39, 0.29) is 5.52 Å². The van der Waals surface area contributed by atoms with Crippen molar-refractivity contribution < 1.29 is 13.5 Å². The van der Waals surface area contributed by atoms with Crippen molar-refractivity contribution in [2.24, 2.45) is 0 Å². The molecule has 0 amide bonds. The molecule has 0 aliphatic carbocycles. The number of rotatable bonds is 2. The third-order valence-electron chi connectivity index (χ3n) is 3.32. The lowest BCUT2D eigenvalue weighted by Crippen LogP contribution is -2.16. The van der Waals surface area contributed by atoms with Gasteiger partial charge in [0, 0.05) is 23.9 Å².